The van der Waals surface area contributed by atoms with Gasteiger partial charge in [-0.1, -0.05) is 105 Å². The second-order valence-electron chi connectivity index (χ2n) is 23.3. The van der Waals surface area contributed by atoms with Crippen LogP contribution in [0.15, 0.2) is 35.0 Å². The van der Waals surface area contributed by atoms with Crippen molar-refractivity contribution >= 4 is 56.7 Å². The van der Waals surface area contributed by atoms with Gasteiger partial charge >= 0.3 is 95.3 Å². The van der Waals surface area contributed by atoms with E-state index in [0.717, 1.165) is 34.0 Å². The van der Waals surface area contributed by atoms with Gasteiger partial charge in [-0.05, 0) is 97.9 Å². The normalized spacial score (nSPS) is 14.8. The molecule has 0 aliphatic heterocycles. The zero-order valence-electron chi connectivity index (χ0n) is 51.5. The Labute approximate surface area is 562 Å². The Balaban J connectivity index is 1.74. The summed E-state index contributed by atoms with van der Waals surface area (Å²) in [6.07, 6.45) is -7.54. The van der Waals surface area contributed by atoms with Crippen molar-refractivity contribution in [3.05, 3.63) is 68.4 Å². The predicted octanol–water partition coefficient (Wildman–Crippen LogP) is 28.1. The van der Waals surface area contributed by atoms with Crippen LogP contribution in [0.4, 0.5) is 149 Å². The highest BCUT2D eigenvalue weighted by molar-refractivity contribution is 7.29. The van der Waals surface area contributed by atoms with E-state index in [9.17, 15) is 96.6 Å². The van der Waals surface area contributed by atoms with Gasteiger partial charge in [-0.3, -0.25) is 0 Å². The maximum atomic E-state index is 15.9. The molecule has 39 heteroatoms. The molecule has 0 aromatic carbocycles. The van der Waals surface area contributed by atoms with E-state index in [0.29, 0.717) is 101 Å². The van der Waals surface area contributed by atoms with Crippen LogP contribution in [0.5, 0.6) is 0 Å². The standard InChI is InChI=1S/C60H58F34S5/c1-5-9-13-17-21-33-35(23-19-15-11-7-3)43(39-27-31(29-95-39)45(61,62)47(65,66)49(69,70)51(73,74)53(77,78)55(81,82)57(85,86)59(89,90)91)98-41(33)37-25-26-38(97-37)42-34(22-18-14-10-6-2)36(24-20-16-12-8-4)44(99-42)40-28-32(30-96-40)46(63,64)48(67,68)50(71,72)52(75,76)54(79,80)56(83,84)58(87,88)60(92,93)94/h25-30H,5-24H2,1-4H3. The summed E-state index contributed by atoms with van der Waals surface area (Å²) in [6.45, 7) is 7.24. The number of rotatable bonds is 38. The summed E-state index contributed by atoms with van der Waals surface area (Å²) >= 11 is 2.44. The SMILES string of the molecule is CCCCCCc1c(-c2cc(C(F)(F)C(F)(F)C(F)(F)C(F)(F)C(F)(F)C(F)(F)C(F)(F)C(F)(F)F)cs2)sc(-c2ccc(-c3sc(-c4cc(C(F)(F)C(F)(F)C(F)(F)C(F)(F)C(F)(F)C(F)(F)C(F)(F)C(F)(F)F)cs4)c(CCCCCC)c3CCCCCC)s2)c1CCCCCC. The first-order valence-electron chi connectivity index (χ1n) is 29.9. The van der Waals surface area contributed by atoms with Gasteiger partial charge in [0, 0.05) is 60.9 Å². The van der Waals surface area contributed by atoms with E-state index >= 15 is 52.7 Å². The molecule has 0 atom stereocenters. The van der Waals surface area contributed by atoms with Crippen LogP contribution >= 0.6 is 56.7 Å². The molecule has 0 aliphatic carbocycles. The number of thiophene rings is 5. The zero-order chi connectivity index (χ0) is 76.0. The summed E-state index contributed by atoms with van der Waals surface area (Å²) in [4.78, 5) is -0.252. The van der Waals surface area contributed by atoms with Crippen molar-refractivity contribution in [2.75, 3.05) is 0 Å². The molecule has 0 amide bonds. The molecule has 0 aliphatic rings. The minimum Gasteiger partial charge on any atom is -0.194 e. The van der Waals surface area contributed by atoms with Gasteiger partial charge in [0.2, 0.25) is 0 Å². The fraction of sp³-hybridized carbons (Fsp3) is 0.667. The molecule has 0 saturated carbocycles. The van der Waals surface area contributed by atoms with Crippen molar-refractivity contribution in [1.82, 2.24) is 0 Å². The molecule has 0 saturated heterocycles. The molecule has 0 N–H and O–H groups in total. The van der Waals surface area contributed by atoms with Crippen LogP contribution in [0, 0.1) is 0 Å². The van der Waals surface area contributed by atoms with E-state index in [-0.39, 0.29) is 124 Å². The van der Waals surface area contributed by atoms with Gasteiger partial charge in [0.25, 0.3) is 0 Å². The van der Waals surface area contributed by atoms with Gasteiger partial charge in [-0.2, -0.15) is 149 Å². The van der Waals surface area contributed by atoms with Gasteiger partial charge in [0.1, 0.15) is 0 Å². The molecule has 0 radical (unpaired) electrons. The molecular weight excluding hydrogens is 1530 g/mol. The fourth-order valence-electron chi connectivity index (χ4n) is 10.3. The zero-order valence-corrected chi connectivity index (χ0v) is 55.6. The van der Waals surface area contributed by atoms with Gasteiger partial charge in [0.05, 0.1) is 0 Å². The Kier molecular flexibility index (Phi) is 25.9. The Hall–Kier alpha value is -3.88. The molecule has 5 aromatic rings. The molecule has 566 valence electrons. The Morgan fingerprint density at radius 3 is 0.677 bits per heavy atom. The van der Waals surface area contributed by atoms with Gasteiger partial charge < -0.3 is 0 Å². The van der Waals surface area contributed by atoms with Crippen molar-refractivity contribution in [3.8, 4) is 39.0 Å². The van der Waals surface area contributed by atoms with Gasteiger partial charge in [-0.25, -0.2) is 0 Å². The van der Waals surface area contributed by atoms with E-state index in [2.05, 4.69) is 0 Å². The average molecular weight is 1590 g/mol. The van der Waals surface area contributed by atoms with Crippen molar-refractivity contribution in [3.63, 3.8) is 0 Å². The molecule has 0 nitrogen and oxygen atoms in total. The van der Waals surface area contributed by atoms with Gasteiger partial charge in [-0.15, -0.1) is 56.7 Å². The van der Waals surface area contributed by atoms with Crippen LogP contribution in [0.2, 0.25) is 0 Å². The third-order valence-electron chi connectivity index (χ3n) is 16.2. The summed E-state index contributed by atoms with van der Waals surface area (Å²) in [5, 5.41) is -0.134. The quantitative estimate of drug-likeness (QED) is 0.0273. The highest BCUT2D eigenvalue weighted by atomic mass is 32.1. The summed E-state index contributed by atoms with van der Waals surface area (Å²) in [7, 11) is 0. The van der Waals surface area contributed by atoms with E-state index in [1.165, 1.54) is 12.1 Å². The molecule has 0 spiro atoms. The Bertz CT molecular complexity index is 3230. The number of hydrogen-bond donors (Lipinski definition) is 0. The molecular formula is C60H58F34S5. The highest BCUT2D eigenvalue weighted by Crippen LogP contribution is 2.68. The van der Waals surface area contributed by atoms with Crippen LogP contribution < -0.4 is 0 Å². The van der Waals surface area contributed by atoms with Crippen molar-refractivity contribution in [2.45, 2.75) is 251 Å². The number of alkyl halides is 34. The highest BCUT2D eigenvalue weighted by Gasteiger charge is 2.97. The van der Waals surface area contributed by atoms with E-state index in [1.807, 2.05) is 13.8 Å². The summed E-state index contributed by atoms with van der Waals surface area (Å²) < 4.78 is 490. The van der Waals surface area contributed by atoms with Crippen LogP contribution in [0.1, 0.15) is 164 Å². The number of hydrogen-bond acceptors (Lipinski definition) is 5. The van der Waals surface area contributed by atoms with Crippen molar-refractivity contribution < 1.29 is 149 Å². The van der Waals surface area contributed by atoms with Crippen molar-refractivity contribution in [1.29, 1.82) is 0 Å². The van der Waals surface area contributed by atoms with Gasteiger partial charge in [0.15, 0.2) is 0 Å². The van der Waals surface area contributed by atoms with Crippen LogP contribution in [0.25, 0.3) is 39.0 Å². The van der Waals surface area contributed by atoms with Crippen LogP contribution in [-0.4, -0.2) is 83.4 Å². The lowest BCUT2D eigenvalue weighted by Crippen LogP contribution is -2.74. The molecule has 0 unspecified atom stereocenters. The maximum Gasteiger partial charge on any atom is 0.460 e. The maximum absolute atomic E-state index is 15.9. The minimum absolute atomic E-state index is 0.00314. The monoisotopic (exact) mass is 1580 g/mol. The smallest absolute Gasteiger partial charge is 0.194 e. The molecule has 99 heavy (non-hydrogen) atoms. The largest absolute Gasteiger partial charge is 0.460 e. The Morgan fingerprint density at radius 2 is 0.455 bits per heavy atom. The molecule has 5 rings (SSSR count). The fourth-order valence-corrected chi connectivity index (χ4v) is 16.5. The summed E-state index contributed by atoms with van der Waals surface area (Å²) in [6, 6.07) is 2.95. The molecule has 5 aromatic heterocycles. The number of unbranched alkanes of at least 4 members (excludes halogenated alkanes) is 12. The lowest BCUT2D eigenvalue weighted by atomic mass is 9.87. The van der Waals surface area contributed by atoms with Crippen LogP contribution in [0.3, 0.4) is 0 Å². The van der Waals surface area contributed by atoms with E-state index < -0.39 is 116 Å². The third kappa shape index (κ3) is 14.7. The summed E-state index contributed by atoms with van der Waals surface area (Å²) in [5.41, 5.74) is -3.39. The molecule has 5 heterocycles. The topological polar surface area (TPSA) is 0 Å². The molecule has 0 bridgehead atoms. The number of halogens is 34. The van der Waals surface area contributed by atoms with E-state index in [4.69, 9.17) is 0 Å². The van der Waals surface area contributed by atoms with Crippen LogP contribution in [-0.2, 0) is 37.5 Å². The minimum atomic E-state index is -8.86. The lowest BCUT2D eigenvalue weighted by molar-refractivity contribution is -0.462. The lowest BCUT2D eigenvalue weighted by Gasteiger charge is -2.42. The predicted molar refractivity (Wildman–Crippen MR) is 308 cm³/mol. The van der Waals surface area contributed by atoms with Crippen molar-refractivity contribution in [2.24, 2.45) is 0 Å². The Morgan fingerprint density at radius 1 is 0.242 bits per heavy atom. The third-order valence-corrected chi connectivity index (χ3v) is 22.4. The summed E-state index contributed by atoms with van der Waals surface area (Å²) in [5.74, 6) is -117. The molecule has 0 fully saturated rings. The first-order valence-corrected chi connectivity index (χ1v) is 34.1. The first-order chi connectivity index (χ1) is 44.9. The second-order valence-corrected chi connectivity index (χ2v) is 28.2. The first kappa shape index (κ1) is 85.8. The average Bonchev–Trinajstić information content (AvgIpc) is 1.32. The van der Waals surface area contributed by atoms with E-state index in [1.54, 1.807) is 13.8 Å². The second kappa shape index (κ2) is 29.9.